The molecule has 0 aromatic heterocycles. The average molecular weight is 572 g/mol. The lowest BCUT2D eigenvalue weighted by atomic mass is 9.48. The highest BCUT2D eigenvalue weighted by atomic mass is 19.4. The summed E-state index contributed by atoms with van der Waals surface area (Å²) in [6.07, 6.45) is 1.10. The molecule has 3 aliphatic carbocycles. The molecule has 1 aliphatic heterocycles. The van der Waals surface area contributed by atoms with Crippen LogP contribution < -0.4 is 0 Å². The van der Waals surface area contributed by atoms with Crippen molar-refractivity contribution in [3.8, 4) is 0 Å². The van der Waals surface area contributed by atoms with Gasteiger partial charge in [0.25, 0.3) is 0 Å². The van der Waals surface area contributed by atoms with Crippen molar-refractivity contribution in [3.63, 3.8) is 0 Å². The van der Waals surface area contributed by atoms with Gasteiger partial charge in [0.15, 0.2) is 0 Å². The van der Waals surface area contributed by atoms with Gasteiger partial charge in [-0.05, 0) is 97.9 Å². The summed E-state index contributed by atoms with van der Waals surface area (Å²) < 4.78 is 55.6. The van der Waals surface area contributed by atoms with Crippen molar-refractivity contribution in [3.05, 3.63) is 70.3 Å². The average Bonchev–Trinajstić information content (AvgIpc) is 3.25. The molecule has 0 bridgehead atoms. The number of aryl methyl sites for hydroxylation is 2. The Balaban J connectivity index is 1.30. The van der Waals surface area contributed by atoms with E-state index in [0.29, 0.717) is 52.0 Å². The number of aliphatic carboxylic acids is 1. The minimum Gasteiger partial charge on any atom is -0.481 e. The zero-order valence-corrected chi connectivity index (χ0v) is 23.6. The third-order valence-corrected chi connectivity index (χ3v) is 10.9. The maximum atomic E-state index is 14.9. The molecule has 41 heavy (non-hydrogen) atoms. The number of carbonyl (C=O) groups is 2. The molecule has 3 atom stereocenters. The number of fused-ring (bicyclic) bond motifs is 3. The minimum atomic E-state index is -5.02. The van der Waals surface area contributed by atoms with Gasteiger partial charge in [0.2, 0.25) is 11.6 Å². The molecule has 2 aromatic rings. The van der Waals surface area contributed by atoms with Crippen LogP contribution in [-0.2, 0) is 39.9 Å². The van der Waals surface area contributed by atoms with E-state index in [4.69, 9.17) is 0 Å². The number of hydrogen-bond donors (Lipinski definition) is 1. The van der Waals surface area contributed by atoms with Gasteiger partial charge in [-0.3, -0.25) is 9.59 Å². The van der Waals surface area contributed by atoms with Gasteiger partial charge < -0.3 is 10.0 Å². The van der Waals surface area contributed by atoms with Crippen LogP contribution in [0.1, 0.15) is 80.2 Å². The summed E-state index contributed by atoms with van der Waals surface area (Å²) in [6, 6.07) is 12.7. The van der Waals surface area contributed by atoms with E-state index in [2.05, 4.69) is 31.2 Å². The van der Waals surface area contributed by atoms with Gasteiger partial charge in [-0.25, -0.2) is 4.39 Å². The second-order valence-electron chi connectivity index (χ2n) is 13.3. The molecule has 3 unspecified atom stereocenters. The Labute approximate surface area is 238 Å². The van der Waals surface area contributed by atoms with Gasteiger partial charge >= 0.3 is 12.1 Å². The first-order chi connectivity index (χ1) is 19.3. The molecule has 3 fully saturated rings. The van der Waals surface area contributed by atoms with E-state index in [1.807, 2.05) is 4.90 Å². The maximum Gasteiger partial charge on any atom is 0.426 e. The predicted octanol–water partition coefficient (Wildman–Crippen LogP) is 6.91. The van der Waals surface area contributed by atoms with E-state index in [0.717, 1.165) is 36.0 Å². The van der Waals surface area contributed by atoms with Crippen molar-refractivity contribution in [1.82, 2.24) is 4.90 Å². The third-order valence-electron chi connectivity index (χ3n) is 10.9. The number of carbonyl (C=O) groups excluding carboxylic acids is 1. The van der Waals surface area contributed by atoms with Crippen LogP contribution in [0, 0.1) is 17.3 Å². The van der Waals surface area contributed by atoms with E-state index < -0.39 is 23.2 Å². The molecule has 1 amide bonds. The molecule has 2 aromatic carbocycles. The van der Waals surface area contributed by atoms with E-state index in [9.17, 15) is 32.3 Å². The molecule has 1 saturated heterocycles. The van der Waals surface area contributed by atoms with Crippen LogP contribution >= 0.6 is 0 Å². The van der Waals surface area contributed by atoms with Gasteiger partial charge in [-0.15, -0.1) is 0 Å². The highest BCUT2D eigenvalue weighted by molar-refractivity contribution is 5.82. The highest BCUT2D eigenvalue weighted by Gasteiger charge is 2.60. The van der Waals surface area contributed by atoms with Crippen LogP contribution in [0.5, 0.6) is 0 Å². The van der Waals surface area contributed by atoms with Crippen molar-refractivity contribution in [1.29, 1.82) is 0 Å². The number of hydrogen-bond acceptors (Lipinski definition) is 2. The van der Waals surface area contributed by atoms with Crippen molar-refractivity contribution in [2.45, 2.75) is 94.9 Å². The Hall–Kier alpha value is -2.90. The van der Waals surface area contributed by atoms with E-state index in [1.54, 1.807) is 6.07 Å². The Morgan fingerprint density at radius 3 is 2.22 bits per heavy atom. The number of halogens is 4. The monoisotopic (exact) mass is 571 g/mol. The van der Waals surface area contributed by atoms with Crippen molar-refractivity contribution in [2.24, 2.45) is 17.3 Å². The summed E-state index contributed by atoms with van der Waals surface area (Å²) in [7, 11) is 0. The molecule has 8 heteroatoms. The van der Waals surface area contributed by atoms with Crippen LogP contribution in [0.4, 0.5) is 17.6 Å². The van der Waals surface area contributed by atoms with E-state index in [-0.39, 0.29) is 34.8 Å². The molecule has 4 aliphatic rings. The summed E-state index contributed by atoms with van der Waals surface area (Å²) >= 11 is 0. The fourth-order valence-electron chi connectivity index (χ4n) is 8.43. The molecule has 1 N–H and O–H groups in total. The summed E-state index contributed by atoms with van der Waals surface area (Å²) in [5.41, 5.74) is -0.297. The van der Waals surface area contributed by atoms with Crippen LogP contribution in [-0.4, -0.2) is 40.6 Å². The molecular weight excluding hydrogens is 534 g/mol. The fraction of sp³-hybridized carbons (Fsp3) is 0.576. The predicted molar refractivity (Wildman–Crippen MR) is 146 cm³/mol. The number of alkyl halides is 4. The Bertz CT molecular complexity index is 1350. The van der Waals surface area contributed by atoms with Crippen LogP contribution in [0.15, 0.2) is 42.5 Å². The summed E-state index contributed by atoms with van der Waals surface area (Å²) in [6.45, 7) is 3.24. The number of nitrogens with zero attached hydrogens (tertiary/aromatic N) is 1. The smallest absolute Gasteiger partial charge is 0.426 e. The number of carboxylic acid groups (broad SMARTS) is 1. The van der Waals surface area contributed by atoms with Crippen LogP contribution in [0.3, 0.4) is 0 Å². The van der Waals surface area contributed by atoms with Crippen molar-refractivity contribution >= 4 is 11.9 Å². The van der Waals surface area contributed by atoms with Gasteiger partial charge in [0.05, 0.1) is 5.92 Å². The first-order valence-electron chi connectivity index (χ1n) is 14.8. The summed E-state index contributed by atoms with van der Waals surface area (Å²) in [4.78, 5) is 27.1. The molecule has 6 rings (SSSR count). The maximum absolute atomic E-state index is 14.9. The second-order valence-corrected chi connectivity index (χ2v) is 13.3. The topological polar surface area (TPSA) is 57.6 Å². The molecule has 2 saturated carbocycles. The van der Waals surface area contributed by atoms with Gasteiger partial charge in [-0.2, -0.15) is 13.2 Å². The van der Waals surface area contributed by atoms with E-state index in [1.165, 1.54) is 17.7 Å². The lowest BCUT2D eigenvalue weighted by Crippen LogP contribution is -2.56. The summed E-state index contributed by atoms with van der Waals surface area (Å²) in [5.74, 6) is -1.04. The first-order valence-corrected chi connectivity index (χ1v) is 14.8. The molecular formula is C33H37F4NO3. The molecule has 0 radical (unpaired) electrons. The standard InChI is InChI=1S/C33H37F4NO3/c1-3-20-4-6-21(7-5-20)15-32-12-13-38(28(39)23-16-31(17-23)18-24(19-31)29(40)41)27(32)11-8-22-14-25(9-10-26(22)32)30(2,34)33(35,36)37/h4-7,9-10,14,23-24,27H,3,8,11-13,15-19H2,1-2H3,(H,40,41). The molecule has 1 heterocycles. The van der Waals surface area contributed by atoms with Crippen molar-refractivity contribution < 1.29 is 32.3 Å². The zero-order valence-electron chi connectivity index (χ0n) is 23.6. The first kappa shape index (κ1) is 28.2. The van der Waals surface area contributed by atoms with Gasteiger partial charge in [-0.1, -0.05) is 49.4 Å². The normalized spacial score (nSPS) is 32.0. The number of carboxylic acids is 1. The quantitative estimate of drug-likeness (QED) is 0.383. The number of likely N-dealkylation sites (tertiary alicyclic amines) is 1. The van der Waals surface area contributed by atoms with Crippen LogP contribution in [0.25, 0.3) is 0 Å². The lowest BCUT2D eigenvalue weighted by Gasteiger charge is -2.57. The van der Waals surface area contributed by atoms with E-state index >= 15 is 0 Å². The van der Waals surface area contributed by atoms with Gasteiger partial charge in [0, 0.05) is 23.9 Å². The zero-order chi connectivity index (χ0) is 29.4. The largest absolute Gasteiger partial charge is 0.481 e. The Kier molecular flexibility index (Phi) is 6.59. The molecule has 4 nitrogen and oxygen atoms in total. The number of benzene rings is 2. The molecule has 220 valence electrons. The number of rotatable bonds is 6. The Morgan fingerprint density at radius 2 is 1.61 bits per heavy atom. The fourth-order valence-corrected chi connectivity index (χ4v) is 8.43. The molecule has 1 spiro atoms. The Morgan fingerprint density at radius 1 is 0.976 bits per heavy atom. The summed E-state index contributed by atoms with van der Waals surface area (Å²) in [5, 5.41) is 9.27. The third kappa shape index (κ3) is 4.47. The van der Waals surface area contributed by atoms with Crippen LogP contribution in [0.2, 0.25) is 0 Å². The number of amides is 1. The van der Waals surface area contributed by atoms with Crippen molar-refractivity contribution in [2.75, 3.05) is 6.54 Å². The minimum absolute atomic E-state index is 0.00567. The second kappa shape index (κ2) is 9.56. The lowest BCUT2D eigenvalue weighted by molar-refractivity contribution is -0.228. The highest BCUT2D eigenvalue weighted by Crippen LogP contribution is 2.62. The SMILES string of the molecule is CCc1ccc(CC23CCN(C(=O)C4CC5(CC(C(=O)O)C5)C4)C2CCc2cc(C(C)(F)C(F)(F)F)ccc23)cc1. The van der Waals surface area contributed by atoms with Gasteiger partial charge in [0.1, 0.15) is 0 Å².